The van der Waals surface area contributed by atoms with Gasteiger partial charge in [-0.2, -0.15) is 0 Å². The van der Waals surface area contributed by atoms with Crippen LogP contribution in [0.3, 0.4) is 0 Å². The van der Waals surface area contributed by atoms with Crippen molar-refractivity contribution in [1.29, 1.82) is 0 Å². The van der Waals surface area contributed by atoms with Gasteiger partial charge < -0.3 is 20.5 Å². The molecular weight excluding hydrogens is 232 g/mol. The smallest absolute Gasteiger partial charge is 0.340 e. The average molecular weight is 252 g/mol. The van der Waals surface area contributed by atoms with Gasteiger partial charge in [0.25, 0.3) is 0 Å². The first-order chi connectivity index (χ1) is 8.47. The number of aliphatic hydroxyl groups is 1. The summed E-state index contributed by atoms with van der Waals surface area (Å²) in [7, 11) is 3.17. The molecule has 0 saturated heterocycles. The summed E-state index contributed by atoms with van der Waals surface area (Å²) in [6.45, 7) is 2.33. The number of carbonyl (C=O) groups excluding carboxylic acids is 1. The van der Waals surface area contributed by atoms with Crippen molar-refractivity contribution in [3.05, 3.63) is 23.8 Å². The van der Waals surface area contributed by atoms with Crippen LogP contribution in [-0.4, -0.2) is 37.9 Å². The zero-order valence-corrected chi connectivity index (χ0v) is 11.0. The van der Waals surface area contributed by atoms with E-state index in [1.807, 2.05) is 11.9 Å². The third-order valence-electron chi connectivity index (χ3n) is 2.74. The van der Waals surface area contributed by atoms with E-state index in [9.17, 15) is 9.90 Å². The van der Waals surface area contributed by atoms with Crippen LogP contribution in [0.1, 0.15) is 23.7 Å². The Hall–Kier alpha value is -1.75. The van der Waals surface area contributed by atoms with Crippen LogP contribution in [0.5, 0.6) is 0 Å². The first-order valence-corrected chi connectivity index (χ1v) is 5.83. The molecule has 1 rings (SSSR count). The molecule has 0 fully saturated rings. The molecule has 100 valence electrons. The van der Waals surface area contributed by atoms with Gasteiger partial charge >= 0.3 is 5.97 Å². The molecule has 1 aromatic carbocycles. The van der Waals surface area contributed by atoms with Crippen molar-refractivity contribution < 1.29 is 14.6 Å². The maximum Gasteiger partial charge on any atom is 0.340 e. The van der Waals surface area contributed by atoms with Crippen LogP contribution in [-0.2, 0) is 4.74 Å². The van der Waals surface area contributed by atoms with Crippen LogP contribution >= 0.6 is 0 Å². The quantitative estimate of drug-likeness (QED) is 0.609. The highest BCUT2D eigenvalue weighted by Gasteiger charge is 2.17. The highest BCUT2D eigenvalue weighted by Crippen LogP contribution is 2.27. The zero-order valence-electron chi connectivity index (χ0n) is 11.0. The molecule has 5 heteroatoms. The minimum atomic E-state index is -0.416. The van der Waals surface area contributed by atoms with Crippen molar-refractivity contribution in [2.24, 2.45) is 0 Å². The molecule has 1 aromatic rings. The number of nitrogens with two attached hydrogens (primary N) is 1. The summed E-state index contributed by atoms with van der Waals surface area (Å²) in [5, 5.41) is 9.29. The molecule has 1 atom stereocenters. The number of nitrogen functional groups attached to an aromatic ring is 1. The van der Waals surface area contributed by atoms with E-state index in [1.54, 1.807) is 25.1 Å². The van der Waals surface area contributed by atoms with E-state index >= 15 is 0 Å². The van der Waals surface area contributed by atoms with Gasteiger partial charge in [0, 0.05) is 13.6 Å². The molecule has 1 unspecified atom stereocenters. The lowest BCUT2D eigenvalue weighted by Crippen LogP contribution is -2.25. The van der Waals surface area contributed by atoms with Gasteiger partial charge in [-0.15, -0.1) is 0 Å². The Kier molecular flexibility index (Phi) is 4.97. The summed E-state index contributed by atoms with van der Waals surface area (Å²) in [5.41, 5.74) is 7.51. The zero-order chi connectivity index (χ0) is 13.7. The van der Waals surface area contributed by atoms with Gasteiger partial charge in [-0.1, -0.05) is 6.07 Å². The third-order valence-corrected chi connectivity index (χ3v) is 2.74. The van der Waals surface area contributed by atoms with Gasteiger partial charge in [-0.3, -0.25) is 0 Å². The molecule has 0 radical (unpaired) electrons. The van der Waals surface area contributed by atoms with Crippen LogP contribution in [0.25, 0.3) is 0 Å². The molecule has 0 saturated carbocycles. The van der Waals surface area contributed by atoms with Crippen LogP contribution in [0.2, 0.25) is 0 Å². The molecule has 0 aromatic heterocycles. The van der Waals surface area contributed by atoms with Gasteiger partial charge in [-0.05, 0) is 25.5 Å². The Balaban J connectivity index is 3.01. The normalized spacial score (nSPS) is 12.0. The number of rotatable bonds is 5. The molecule has 0 aliphatic carbocycles. The van der Waals surface area contributed by atoms with Gasteiger partial charge in [0.05, 0.1) is 30.2 Å². The highest BCUT2D eigenvalue weighted by atomic mass is 16.5. The molecular formula is C13H20N2O3. The fourth-order valence-electron chi connectivity index (χ4n) is 1.75. The number of benzene rings is 1. The maximum absolute atomic E-state index is 11.7. The van der Waals surface area contributed by atoms with Crippen LogP contribution in [0.15, 0.2) is 18.2 Å². The lowest BCUT2D eigenvalue weighted by atomic mass is 10.1. The predicted octanol–water partition coefficient (Wildman–Crippen LogP) is 1.26. The third kappa shape index (κ3) is 3.37. The molecule has 0 bridgehead atoms. The average Bonchev–Trinajstić information content (AvgIpc) is 2.34. The number of anilines is 2. The molecule has 0 aliphatic rings. The van der Waals surface area contributed by atoms with E-state index < -0.39 is 5.97 Å². The fraction of sp³-hybridized carbons (Fsp3) is 0.462. The standard InChI is InChI=1S/C13H20N2O3/c1-9(16)7-8-15(2)12-10(13(17)18-3)5-4-6-11(12)14/h4-6,9,16H,7-8,14H2,1-3H3. The summed E-state index contributed by atoms with van der Waals surface area (Å²) >= 11 is 0. The van der Waals surface area contributed by atoms with E-state index in [1.165, 1.54) is 7.11 Å². The van der Waals surface area contributed by atoms with Gasteiger partial charge in [0.2, 0.25) is 0 Å². The Morgan fingerprint density at radius 1 is 1.56 bits per heavy atom. The molecule has 0 heterocycles. The first kappa shape index (κ1) is 14.3. The van der Waals surface area contributed by atoms with Crippen molar-refractivity contribution in [2.75, 3.05) is 31.3 Å². The molecule has 3 N–H and O–H groups in total. The minimum absolute atomic E-state index is 0.390. The molecule has 18 heavy (non-hydrogen) atoms. The highest BCUT2D eigenvalue weighted by molar-refractivity contribution is 5.99. The summed E-state index contributed by atoms with van der Waals surface area (Å²) in [6.07, 6.45) is 0.213. The summed E-state index contributed by atoms with van der Waals surface area (Å²) in [5.74, 6) is -0.416. The van der Waals surface area contributed by atoms with E-state index in [-0.39, 0.29) is 6.10 Å². The van der Waals surface area contributed by atoms with E-state index in [0.29, 0.717) is 29.9 Å². The molecule has 5 nitrogen and oxygen atoms in total. The first-order valence-electron chi connectivity index (χ1n) is 5.83. The topological polar surface area (TPSA) is 75.8 Å². The molecule has 0 amide bonds. The van der Waals surface area contributed by atoms with Crippen LogP contribution in [0.4, 0.5) is 11.4 Å². The van der Waals surface area contributed by atoms with Gasteiger partial charge in [0.1, 0.15) is 0 Å². The van der Waals surface area contributed by atoms with Crippen molar-refractivity contribution in [3.63, 3.8) is 0 Å². The van der Waals surface area contributed by atoms with Gasteiger partial charge in [0.15, 0.2) is 0 Å². The SMILES string of the molecule is COC(=O)c1cccc(N)c1N(C)CCC(C)O. The summed E-state index contributed by atoms with van der Waals surface area (Å²) < 4.78 is 4.74. The second-order valence-electron chi connectivity index (χ2n) is 4.29. The van der Waals surface area contributed by atoms with Crippen LogP contribution < -0.4 is 10.6 Å². The number of aliphatic hydroxyl groups excluding tert-OH is 1. The Labute approximate surface area is 107 Å². The fourth-order valence-corrected chi connectivity index (χ4v) is 1.75. The van der Waals surface area contributed by atoms with Gasteiger partial charge in [-0.25, -0.2) is 4.79 Å². The minimum Gasteiger partial charge on any atom is -0.465 e. The Bertz CT molecular complexity index is 419. The molecule has 0 spiro atoms. The molecule has 0 aliphatic heterocycles. The number of esters is 1. The number of nitrogens with zero attached hydrogens (tertiary/aromatic N) is 1. The lowest BCUT2D eigenvalue weighted by molar-refractivity contribution is 0.0601. The number of carbonyl (C=O) groups is 1. The number of methoxy groups -OCH3 is 1. The number of para-hydroxylation sites is 1. The monoisotopic (exact) mass is 252 g/mol. The Morgan fingerprint density at radius 2 is 2.22 bits per heavy atom. The number of hydrogen-bond acceptors (Lipinski definition) is 5. The predicted molar refractivity (Wildman–Crippen MR) is 71.8 cm³/mol. The summed E-state index contributed by atoms with van der Waals surface area (Å²) in [6, 6.07) is 5.13. The second-order valence-corrected chi connectivity index (χ2v) is 4.29. The lowest BCUT2D eigenvalue weighted by Gasteiger charge is -2.23. The van der Waals surface area contributed by atoms with Crippen molar-refractivity contribution in [2.45, 2.75) is 19.4 Å². The maximum atomic E-state index is 11.7. The Morgan fingerprint density at radius 3 is 2.78 bits per heavy atom. The van der Waals surface area contributed by atoms with Crippen LogP contribution in [0, 0.1) is 0 Å². The van der Waals surface area contributed by atoms with Crippen molar-refractivity contribution in [1.82, 2.24) is 0 Å². The van der Waals surface area contributed by atoms with E-state index in [4.69, 9.17) is 10.5 Å². The number of ether oxygens (including phenoxy) is 1. The summed E-state index contributed by atoms with van der Waals surface area (Å²) in [4.78, 5) is 13.5. The number of hydrogen-bond donors (Lipinski definition) is 2. The van der Waals surface area contributed by atoms with E-state index in [0.717, 1.165) is 0 Å². The largest absolute Gasteiger partial charge is 0.465 e. The van der Waals surface area contributed by atoms with Crippen molar-refractivity contribution in [3.8, 4) is 0 Å². The van der Waals surface area contributed by atoms with Crippen molar-refractivity contribution >= 4 is 17.3 Å². The van der Waals surface area contributed by atoms with E-state index in [2.05, 4.69) is 0 Å². The second kappa shape index (κ2) is 6.26.